The Morgan fingerprint density at radius 2 is 1.95 bits per heavy atom. The van der Waals surface area contributed by atoms with Crippen molar-refractivity contribution in [1.82, 2.24) is 25.4 Å². The van der Waals surface area contributed by atoms with Crippen LogP contribution in [0.3, 0.4) is 0 Å². The van der Waals surface area contributed by atoms with Gasteiger partial charge < -0.3 is 4.52 Å². The monoisotopic (exact) mass is 269 g/mol. The Kier molecular flexibility index (Phi) is 2.72. The van der Waals surface area contributed by atoms with E-state index >= 15 is 0 Å². The highest BCUT2D eigenvalue weighted by Gasteiger charge is 2.23. The maximum Gasteiger partial charge on any atom is 0.205 e. The maximum atomic E-state index is 5.36. The largest absolute Gasteiger partial charge is 0.356 e. The number of hydrogen-bond donors (Lipinski definition) is 0. The van der Waals surface area contributed by atoms with Gasteiger partial charge in [-0.3, -0.25) is 0 Å². The van der Waals surface area contributed by atoms with Crippen LogP contribution in [-0.4, -0.2) is 25.4 Å². The molecule has 1 aliphatic carbocycles. The van der Waals surface area contributed by atoms with Crippen molar-refractivity contribution >= 4 is 11.0 Å². The van der Waals surface area contributed by atoms with Crippen LogP contribution in [0.25, 0.3) is 22.5 Å². The third-order valence-corrected chi connectivity index (χ3v) is 4.00. The van der Waals surface area contributed by atoms with Crippen LogP contribution in [0.15, 0.2) is 28.8 Å². The van der Waals surface area contributed by atoms with Crippen molar-refractivity contribution in [2.24, 2.45) is 0 Å². The molecule has 1 aromatic carbocycles. The number of hydrogen-bond acceptors (Lipinski definition) is 5. The van der Waals surface area contributed by atoms with Crippen molar-refractivity contribution in [3.05, 3.63) is 24.3 Å². The predicted molar refractivity (Wildman–Crippen MR) is 72.9 cm³/mol. The Morgan fingerprint density at radius 3 is 2.85 bits per heavy atom. The second-order valence-electron chi connectivity index (χ2n) is 5.27. The molecule has 4 rings (SSSR count). The summed E-state index contributed by atoms with van der Waals surface area (Å²) in [4.78, 5) is 0. The molecule has 1 aliphatic rings. The second kappa shape index (κ2) is 4.70. The Morgan fingerprint density at radius 1 is 1.10 bits per heavy atom. The van der Waals surface area contributed by atoms with Gasteiger partial charge in [0, 0.05) is 0 Å². The van der Waals surface area contributed by atoms with Gasteiger partial charge in [0.05, 0.1) is 11.4 Å². The van der Waals surface area contributed by atoms with Crippen LogP contribution in [0.2, 0.25) is 0 Å². The van der Waals surface area contributed by atoms with Crippen LogP contribution >= 0.6 is 0 Å². The molecule has 6 heteroatoms. The Balaban J connectivity index is 1.81. The van der Waals surface area contributed by atoms with Gasteiger partial charge in [0.1, 0.15) is 0 Å². The molecule has 20 heavy (non-hydrogen) atoms. The molecule has 0 unspecified atom stereocenters. The zero-order chi connectivity index (χ0) is 13.4. The molecule has 0 spiro atoms. The molecule has 2 aromatic heterocycles. The first-order chi connectivity index (χ1) is 9.93. The van der Waals surface area contributed by atoms with Gasteiger partial charge in [0.25, 0.3) is 0 Å². The average molecular weight is 269 g/mol. The number of aromatic nitrogens is 5. The van der Waals surface area contributed by atoms with Gasteiger partial charge in [-0.15, -0.1) is 5.10 Å². The summed E-state index contributed by atoms with van der Waals surface area (Å²) < 4.78 is 7.28. The first kappa shape index (κ1) is 11.6. The molecule has 0 saturated heterocycles. The van der Waals surface area contributed by atoms with E-state index in [1.807, 2.05) is 28.9 Å². The average Bonchev–Trinajstić information content (AvgIpc) is 3.14. The highest BCUT2D eigenvalue weighted by atomic mass is 16.5. The van der Waals surface area contributed by atoms with E-state index in [4.69, 9.17) is 4.52 Å². The predicted octanol–water partition coefficient (Wildman–Crippen LogP) is 2.99. The summed E-state index contributed by atoms with van der Waals surface area (Å²) in [5.41, 5.74) is 1.50. The molecule has 0 N–H and O–H groups in total. The molecule has 0 atom stereocenters. The molecule has 102 valence electrons. The first-order valence-corrected chi connectivity index (χ1v) is 7.06. The third-order valence-electron chi connectivity index (χ3n) is 4.00. The minimum absolute atomic E-state index is 0.379. The maximum absolute atomic E-state index is 5.36. The van der Waals surface area contributed by atoms with Crippen LogP contribution < -0.4 is 0 Å². The minimum atomic E-state index is 0.379. The summed E-state index contributed by atoms with van der Waals surface area (Å²) in [5, 5.41) is 17.3. The molecule has 0 amide bonds. The van der Waals surface area contributed by atoms with Gasteiger partial charge in [-0.25, -0.2) is 4.68 Å². The Bertz CT molecular complexity index is 726. The van der Waals surface area contributed by atoms with Crippen LogP contribution in [0.1, 0.15) is 38.1 Å². The van der Waals surface area contributed by atoms with E-state index in [2.05, 4.69) is 20.7 Å². The van der Waals surface area contributed by atoms with E-state index in [0.29, 0.717) is 11.9 Å². The van der Waals surface area contributed by atoms with Crippen molar-refractivity contribution in [2.45, 2.75) is 38.1 Å². The quantitative estimate of drug-likeness (QED) is 0.715. The van der Waals surface area contributed by atoms with Gasteiger partial charge >= 0.3 is 0 Å². The van der Waals surface area contributed by atoms with Crippen molar-refractivity contribution < 1.29 is 4.52 Å². The minimum Gasteiger partial charge on any atom is -0.356 e. The van der Waals surface area contributed by atoms with Crippen molar-refractivity contribution in [3.63, 3.8) is 0 Å². The van der Waals surface area contributed by atoms with Crippen molar-refractivity contribution in [2.75, 3.05) is 0 Å². The van der Waals surface area contributed by atoms with Gasteiger partial charge in [0.15, 0.2) is 11.3 Å². The van der Waals surface area contributed by atoms with Gasteiger partial charge in [-0.1, -0.05) is 36.6 Å². The molecule has 1 saturated carbocycles. The van der Waals surface area contributed by atoms with E-state index < -0.39 is 0 Å². The molecule has 0 bridgehead atoms. The summed E-state index contributed by atoms with van der Waals surface area (Å²) >= 11 is 0. The van der Waals surface area contributed by atoms with E-state index in [-0.39, 0.29) is 0 Å². The lowest BCUT2D eigenvalue weighted by Crippen LogP contribution is -2.15. The van der Waals surface area contributed by atoms with Crippen LogP contribution in [-0.2, 0) is 0 Å². The number of rotatable bonds is 2. The summed E-state index contributed by atoms with van der Waals surface area (Å²) in [5.74, 6) is 0.710. The molecular formula is C14H15N5O. The zero-order valence-electron chi connectivity index (χ0n) is 11.1. The summed E-state index contributed by atoms with van der Waals surface area (Å²) in [7, 11) is 0. The third kappa shape index (κ3) is 1.79. The highest BCUT2D eigenvalue weighted by Crippen LogP contribution is 2.32. The summed E-state index contributed by atoms with van der Waals surface area (Å²) in [6, 6.07) is 8.17. The summed E-state index contributed by atoms with van der Waals surface area (Å²) in [6.45, 7) is 0. The zero-order valence-corrected chi connectivity index (χ0v) is 11.1. The lowest BCUT2D eigenvalue weighted by Gasteiger charge is -2.21. The fourth-order valence-corrected chi connectivity index (χ4v) is 2.97. The molecule has 6 nitrogen and oxygen atoms in total. The molecule has 3 aromatic rings. The number of fused-ring (bicyclic) bond motifs is 1. The highest BCUT2D eigenvalue weighted by molar-refractivity contribution is 5.89. The number of nitrogens with zero attached hydrogens (tertiary/aromatic N) is 5. The molecule has 1 fully saturated rings. The lowest BCUT2D eigenvalue weighted by molar-refractivity contribution is 0.326. The van der Waals surface area contributed by atoms with Gasteiger partial charge in [-0.2, -0.15) is 0 Å². The Hall–Kier alpha value is -2.24. The van der Waals surface area contributed by atoms with Crippen LogP contribution in [0.4, 0.5) is 0 Å². The first-order valence-electron chi connectivity index (χ1n) is 7.06. The lowest BCUT2D eigenvalue weighted by atomic mass is 9.95. The van der Waals surface area contributed by atoms with Crippen molar-refractivity contribution in [1.29, 1.82) is 0 Å². The molecule has 0 radical (unpaired) electrons. The van der Waals surface area contributed by atoms with Gasteiger partial charge in [-0.05, 0) is 35.4 Å². The normalized spacial score (nSPS) is 16.8. The topological polar surface area (TPSA) is 69.6 Å². The SMILES string of the molecule is c1ccc2c(-c3nnnn3C3CCCCC3)noc2c1. The van der Waals surface area contributed by atoms with Crippen LogP contribution in [0.5, 0.6) is 0 Å². The molecule has 0 aliphatic heterocycles. The van der Waals surface area contributed by atoms with E-state index in [9.17, 15) is 0 Å². The number of tetrazole rings is 1. The number of para-hydroxylation sites is 1. The fraction of sp³-hybridized carbons (Fsp3) is 0.429. The van der Waals surface area contributed by atoms with E-state index in [1.54, 1.807) is 0 Å². The van der Waals surface area contributed by atoms with E-state index in [1.165, 1.54) is 19.3 Å². The fourth-order valence-electron chi connectivity index (χ4n) is 2.97. The second-order valence-corrected chi connectivity index (χ2v) is 5.27. The smallest absolute Gasteiger partial charge is 0.205 e. The standard InChI is InChI=1S/C14H15N5O/c1-2-6-10(7-3-1)19-14(15-17-18-19)13-11-8-4-5-9-12(11)20-16-13/h4-5,8-10H,1-3,6-7H2. The Labute approximate surface area is 115 Å². The van der Waals surface area contributed by atoms with E-state index in [0.717, 1.165) is 29.5 Å². The van der Waals surface area contributed by atoms with Crippen LogP contribution in [0, 0.1) is 0 Å². The van der Waals surface area contributed by atoms with Crippen molar-refractivity contribution in [3.8, 4) is 11.5 Å². The van der Waals surface area contributed by atoms with Gasteiger partial charge in [0.2, 0.25) is 5.82 Å². The molecule has 2 heterocycles. The summed E-state index contributed by atoms with van der Waals surface area (Å²) in [6.07, 6.45) is 6.05. The molecular weight excluding hydrogens is 254 g/mol. The number of benzene rings is 1.